The van der Waals surface area contributed by atoms with Crippen LogP contribution in [0.25, 0.3) is 22.5 Å². The third kappa shape index (κ3) is 9.73. The zero-order valence-electron chi connectivity index (χ0n) is 28.2. The van der Waals surface area contributed by atoms with E-state index >= 15 is 0 Å². The molecule has 5 rings (SSSR count). The Morgan fingerprint density at radius 1 is 0.980 bits per heavy atom. The van der Waals surface area contributed by atoms with Gasteiger partial charge in [-0.15, -0.1) is 10.2 Å². The van der Waals surface area contributed by atoms with Gasteiger partial charge in [0.1, 0.15) is 11.6 Å². The van der Waals surface area contributed by atoms with E-state index in [2.05, 4.69) is 42.6 Å². The number of nitrogens with one attached hydrogen (secondary N) is 4. The minimum absolute atomic E-state index is 0.160. The Morgan fingerprint density at radius 3 is 2.31 bits per heavy atom. The molecule has 1 heterocycles. The number of carbonyl (C=O) groups excluding carboxylic acids is 3. The number of rotatable bonds is 10. The van der Waals surface area contributed by atoms with E-state index in [-0.39, 0.29) is 30.1 Å². The molecule has 1 atom stereocenters. The lowest BCUT2D eigenvalue weighted by atomic mass is 9.81. The molecule has 12 heteroatoms. The number of carbonyl (C=O) groups is 3. The van der Waals surface area contributed by atoms with Gasteiger partial charge in [0, 0.05) is 30.1 Å². The first-order valence-corrected chi connectivity index (χ1v) is 16.5. The second-order valence-electron chi connectivity index (χ2n) is 13.5. The number of tetrazole rings is 1. The maximum atomic E-state index is 13.7. The molecule has 49 heavy (non-hydrogen) atoms. The fourth-order valence-electron chi connectivity index (χ4n) is 5.94. The summed E-state index contributed by atoms with van der Waals surface area (Å²) in [6.45, 7) is 7.97. The van der Waals surface area contributed by atoms with Crippen LogP contribution in [-0.2, 0) is 20.7 Å². The summed E-state index contributed by atoms with van der Waals surface area (Å²) in [6.07, 6.45) is 2.73. The predicted molar refractivity (Wildman–Crippen MR) is 185 cm³/mol. The number of benzene rings is 3. The van der Waals surface area contributed by atoms with Gasteiger partial charge in [0.2, 0.25) is 17.6 Å². The highest BCUT2D eigenvalue weighted by Crippen LogP contribution is 2.29. The predicted octanol–water partition coefficient (Wildman–Crippen LogP) is 5.71. The topological polar surface area (TPSA) is 175 Å². The van der Waals surface area contributed by atoms with Crippen molar-refractivity contribution in [3.63, 3.8) is 0 Å². The second kappa shape index (κ2) is 15.6. The van der Waals surface area contributed by atoms with E-state index in [4.69, 9.17) is 4.74 Å². The van der Waals surface area contributed by atoms with Gasteiger partial charge in [-0.25, -0.2) is 4.79 Å². The summed E-state index contributed by atoms with van der Waals surface area (Å²) in [4.78, 5) is 39.4. The SMILES string of the molecule is Cc1ccc(C#N)cc1-c1ccc(CC(NC(=O)C2CCC(CNC(=O)OC(C)(C)C)CC2)C(=O)Nc2ccc(-c3nn[nH]n3)cc2)cc1. The van der Waals surface area contributed by atoms with Gasteiger partial charge in [-0.1, -0.05) is 30.3 Å². The molecular weight excluding hydrogens is 620 g/mol. The third-order valence-electron chi connectivity index (χ3n) is 8.61. The zero-order chi connectivity index (χ0) is 35.0. The fourth-order valence-corrected chi connectivity index (χ4v) is 5.94. The molecule has 3 aromatic carbocycles. The minimum atomic E-state index is -0.828. The van der Waals surface area contributed by atoms with Crippen molar-refractivity contribution in [3.8, 4) is 28.6 Å². The van der Waals surface area contributed by atoms with Crippen LogP contribution >= 0.6 is 0 Å². The normalized spacial score (nSPS) is 16.6. The number of aryl methyl sites for hydroxylation is 1. The van der Waals surface area contributed by atoms with Crippen LogP contribution in [0, 0.1) is 30.1 Å². The molecule has 0 saturated heterocycles. The van der Waals surface area contributed by atoms with Crippen molar-refractivity contribution >= 4 is 23.6 Å². The van der Waals surface area contributed by atoms with E-state index in [1.807, 2.05) is 64.1 Å². The maximum Gasteiger partial charge on any atom is 0.407 e. The Labute approximate surface area is 286 Å². The van der Waals surface area contributed by atoms with E-state index in [1.165, 1.54) is 0 Å². The fraction of sp³-hybridized carbons (Fsp3) is 0.378. The summed E-state index contributed by atoms with van der Waals surface area (Å²) >= 11 is 0. The van der Waals surface area contributed by atoms with E-state index in [0.717, 1.165) is 40.7 Å². The van der Waals surface area contributed by atoms with E-state index in [9.17, 15) is 19.6 Å². The molecule has 0 radical (unpaired) electrons. The van der Waals surface area contributed by atoms with Crippen molar-refractivity contribution in [3.05, 3.63) is 83.4 Å². The summed E-state index contributed by atoms with van der Waals surface area (Å²) < 4.78 is 5.34. The smallest absolute Gasteiger partial charge is 0.407 e. The number of nitrogens with zero attached hydrogens (tertiary/aromatic N) is 4. The van der Waals surface area contributed by atoms with Gasteiger partial charge < -0.3 is 20.7 Å². The Hall–Kier alpha value is -5.57. The van der Waals surface area contributed by atoms with E-state index in [1.54, 1.807) is 30.3 Å². The third-order valence-corrected chi connectivity index (χ3v) is 8.61. The number of alkyl carbamates (subject to hydrolysis) is 1. The number of H-pyrrole nitrogens is 1. The van der Waals surface area contributed by atoms with Gasteiger partial charge in [-0.05, 0) is 123 Å². The van der Waals surface area contributed by atoms with Crippen LogP contribution in [0.2, 0.25) is 0 Å². The number of aromatic nitrogens is 4. The number of nitriles is 1. The first-order valence-electron chi connectivity index (χ1n) is 16.5. The molecule has 0 aliphatic heterocycles. The minimum Gasteiger partial charge on any atom is -0.444 e. The lowest BCUT2D eigenvalue weighted by Gasteiger charge is -2.29. The van der Waals surface area contributed by atoms with Gasteiger partial charge in [-0.2, -0.15) is 10.5 Å². The number of hydrogen-bond donors (Lipinski definition) is 4. The van der Waals surface area contributed by atoms with E-state index < -0.39 is 17.7 Å². The first kappa shape index (κ1) is 34.8. The summed E-state index contributed by atoms with van der Waals surface area (Å²) in [5, 5.41) is 32.2. The molecule has 0 spiro atoms. The van der Waals surface area contributed by atoms with E-state index in [0.29, 0.717) is 36.5 Å². The molecule has 3 amide bonds. The highest BCUT2D eigenvalue weighted by Gasteiger charge is 2.30. The van der Waals surface area contributed by atoms with Crippen molar-refractivity contribution in [2.24, 2.45) is 11.8 Å². The molecule has 4 aromatic rings. The molecule has 1 aliphatic rings. The monoisotopic (exact) mass is 662 g/mol. The van der Waals surface area contributed by atoms with Crippen LogP contribution in [-0.4, -0.2) is 56.7 Å². The molecular formula is C37H42N8O4. The van der Waals surface area contributed by atoms with Crippen LogP contribution in [0.5, 0.6) is 0 Å². The average Bonchev–Trinajstić information content (AvgIpc) is 3.63. The molecule has 1 aromatic heterocycles. The average molecular weight is 663 g/mol. The van der Waals surface area contributed by atoms with Gasteiger partial charge >= 0.3 is 6.09 Å². The number of hydrogen-bond acceptors (Lipinski definition) is 8. The highest BCUT2D eigenvalue weighted by molar-refractivity contribution is 5.97. The summed E-state index contributed by atoms with van der Waals surface area (Å²) in [5.74, 6) is -0.0391. The molecule has 1 saturated carbocycles. The number of ether oxygens (including phenoxy) is 1. The zero-order valence-corrected chi connectivity index (χ0v) is 28.2. The lowest BCUT2D eigenvalue weighted by molar-refractivity contribution is -0.130. The standard InChI is InChI=1S/C37H42N8O4/c1-23-5-6-26(21-38)19-31(23)27-11-7-24(8-12-27)20-32(35(47)40-30-17-15-28(16-18-30)33-42-44-45-43-33)41-34(46)29-13-9-25(10-14-29)22-39-36(48)49-37(2,3)4/h5-8,11-12,15-19,25,29,32H,9-10,13-14,20,22H2,1-4H3,(H,39,48)(H,40,47)(H,41,46)(H,42,43,44,45). The summed E-state index contributed by atoms with van der Waals surface area (Å²) in [5.41, 5.74) is 5.19. The van der Waals surface area contributed by atoms with Gasteiger partial charge in [-0.3, -0.25) is 9.59 Å². The number of anilines is 1. The lowest BCUT2D eigenvalue weighted by Crippen LogP contribution is -2.48. The summed E-state index contributed by atoms with van der Waals surface area (Å²) in [7, 11) is 0. The van der Waals surface area contributed by atoms with Crippen molar-refractivity contribution in [2.45, 2.75) is 71.4 Å². The molecule has 1 aliphatic carbocycles. The Bertz CT molecular complexity index is 1780. The molecule has 1 unspecified atom stereocenters. The van der Waals surface area contributed by atoms with Gasteiger partial charge in [0.05, 0.1) is 11.6 Å². The number of amides is 3. The molecule has 0 bridgehead atoms. The maximum absolute atomic E-state index is 13.7. The van der Waals surface area contributed by atoms with Crippen molar-refractivity contribution in [1.82, 2.24) is 31.3 Å². The second-order valence-corrected chi connectivity index (χ2v) is 13.5. The van der Waals surface area contributed by atoms with Crippen molar-refractivity contribution in [1.29, 1.82) is 5.26 Å². The largest absolute Gasteiger partial charge is 0.444 e. The van der Waals surface area contributed by atoms with Gasteiger partial charge in [0.15, 0.2) is 0 Å². The van der Waals surface area contributed by atoms with Crippen LogP contribution in [0.3, 0.4) is 0 Å². The quantitative estimate of drug-likeness (QED) is 0.167. The van der Waals surface area contributed by atoms with Crippen LogP contribution < -0.4 is 16.0 Å². The molecule has 254 valence electrons. The molecule has 12 nitrogen and oxygen atoms in total. The van der Waals surface area contributed by atoms with Crippen LogP contribution in [0.4, 0.5) is 10.5 Å². The van der Waals surface area contributed by atoms with Crippen LogP contribution in [0.1, 0.15) is 63.1 Å². The molecule has 1 fully saturated rings. The number of aromatic amines is 1. The van der Waals surface area contributed by atoms with Crippen molar-refractivity contribution < 1.29 is 19.1 Å². The summed E-state index contributed by atoms with van der Waals surface area (Å²) in [6, 6.07) is 21.9. The Balaban J connectivity index is 1.25. The Morgan fingerprint density at radius 2 is 1.67 bits per heavy atom. The highest BCUT2D eigenvalue weighted by atomic mass is 16.6. The Kier molecular flexibility index (Phi) is 11.0. The van der Waals surface area contributed by atoms with Crippen molar-refractivity contribution in [2.75, 3.05) is 11.9 Å². The molecule has 4 N–H and O–H groups in total. The van der Waals surface area contributed by atoms with Gasteiger partial charge in [0.25, 0.3) is 0 Å². The van der Waals surface area contributed by atoms with Crippen LogP contribution in [0.15, 0.2) is 66.7 Å². The first-order chi connectivity index (χ1) is 23.5.